The van der Waals surface area contributed by atoms with Crippen LogP contribution < -0.4 is 21.5 Å². The molecule has 11 nitrogen and oxygen atoms in total. The molecule has 12 heteroatoms. The minimum absolute atomic E-state index is 0.0538. The van der Waals surface area contributed by atoms with Gasteiger partial charge in [-0.2, -0.15) is 0 Å². The number of sulfonamides is 1. The van der Waals surface area contributed by atoms with Crippen molar-refractivity contribution >= 4 is 27.1 Å². The largest absolute Gasteiger partial charge is 0.380 e. The first kappa shape index (κ1) is 28.6. The minimum atomic E-state index is -3.54. The number of morpholine rings is 1. The van der Waals surface area contributed by atoms with Gasteiger partial charge < -0.3 is 15.4 Å². The van der Waals surface area contributed by atoms with Gasteiger partial charge in [-0.3, -0.25) is 24.3 Å². The lowest BCUT2D eigenvalue weighted by atomic mass is 9.96. The lowest BCUT2D eigenvalue weighted by Gasteiger charge is -2.34. The fourth-order valence-corrected chi connectivity index (χ4v) is 6.52. The standard InChI is InChI=1S/C26H39N5O6S/c32-25-23(24(26(25)33)29-21-10-13-27-14-11-21)28-12-6-1-2-7-19-38(34,35)31(22-8-4-3-5-9-22)37-20-30-15-17-36-18-16-30/h10-11,13-14,22,28H,1-9,12,15-20H2,(H,27,29). The topological polar surface area (TPSA) is 130 Å². The molecule has 1 aliphatic heterocycles. The number of hydrogen-bond acceptors (Lipinski definition) is 10. The average molecular weight is 550 g/mol. The lowest BCUT2D eigenvalue weighted by Crippen LogP contribution is -2.46. The Morgan fingerprint density at radius 1 is 0.974 bits per heavy atom. The van der Waals surface area contributed by atoms with Crippen LogP contribution in [0.4, 0.5) is 17.1 Å². The van der Waals surface area contributed by atoms with Crippen LogP contribution in [-0.2, 0) is 19.6 Å². The maximum Gasteiger partial charge on any atom is 0.253 e. The van der Waals surface area contributed by atoms with E-state index < -0.39 is 20.9 Å². The van der Waals surface area contributed by atoms with Crippen LogP contribution in [0.2, 0.25) is 0 Å². The van der Waals surface area contributed by atoms with Gasteiger partial charge in [-0.15, -0.1) is 0 Å². The maximum atomic E-state index is 13.2. The van der Waals surface area contributed by atoms with Gasteiger partial charge in [0.15, 0.2) is 0 Å². The minimum Gasteiger partial charge on any atom is -0.380 e. The second kappa shape index (κ2) is 14.1. The Hall–Kier alpha value is -2.38. The quantitative estimate of drug-likeness (QED) is 0.194. The molecular weight excluding hydrogens is 510 g/mol. The fraction of sp³-hybridized carbons (Fsp3) is 0.654. The first-order valence-electron chi connectivity index (χ1n) is 13.6. The van der Waals surface area contributed by atoms with Crippen LogP contribution in [0.25, 0.3) is 0 Å². The van der Waals surface area contributed by atoms with Crippen molar-refractivity contribution in [1.29, 1.82) is 0 Å². The number of hydroxylamine groups is 1. The van der Waals surface area contributed by atoms with E-state index in [9.17, 15) is 18.0 Å². The second-order valence-electron chi connectivity index (χ2n) is 9.96. The van der Waals surface area contributed by atoms with E-state index in [1.807, 2.05) is 0 Å². The van der Waals surface area contributed by atoms with Gasteiger partial charge >= 0.3 is 0 Å². The number of nitrogens with one attached hydrogen (secondary N) is 2. The van der Waals surface area contributed by atoms with Crippen LogP contribution in [0.1, 0.15) is 57.8 Å². The molecule has 1 aromatic carbocycles. The molecule has 0 spiro atoms. The fourth-order valence-electron chi connectivity index (χ4n) is 4.90. The number of ether oxygens (including phenoxy) is 1. The van der Waals surface area contributed by atoms with Gasteiger partial charge in [0.2, 0.25) is 10.0 Å². The summed E-state index contributed by atoms with van der Waals surface area (Å²) in [5.41, 5.74) is 0.204. The van der Waals surface area contributed by atoms with Gasteiger partial charge in [-0.05, 0) is 37.8 Å². The van der Waals surface area contributed by atoms with E-state index in [0.717, 1.165) is 64.5 Å². The summed E-state index contributed by atoms with van der Waals surface area (Å²) < 4.78 is 33.2. The van der Waals surface area contributed by atoms with Crippen molar-refractivity contribution in [3.05, 3.63) is 45.0 Å². The van der Waals surface area contributed by atoms with Crippen LogP contribution in [0.15, 0.2) is 34.1 Å². The highest BCUT2D eigenvalue weighted by Crippen LogP contribution is 2.26. The molecule has 1 saturated heterocycles. The Kier molecular flexibility index (Phi) is 10.6. The van der Waals surface area contributed by atoms with Gasteiger partial charge in [-0.1, -0.05) is 36.6 Å². The molecule has 38 heavy (non-hydrogen) atoms. The summed E-state index contributed by atoms with van der Waals surface area (Å²) in [4.78, 5) is 35.9. The van der Waals surface area contributed by atoms with Crippen LogP contribution in [0.3, 0.4) is 0 Å². The van der Waals surface area contributed by atoms with Crippen LogP contribution in [0, 0.1) is 0 Å². The number of hydrogen-bond donors (Lipinski definition) is 2. The summed E-state index contributed by atoms with van der Waals surface area (Å²) in [7, 11) is -3.54. The van der Waals surface area contributed by atoms with E-state index in [-0.39, 0.29) is 24.2 Å². The Morgan fingerprint density at radius 3 is 2.39 bits per heavy atom. The van der Waals surface area contributed by atoms with Crippen LogP contribution >= 0.6 is 0 Å². The molecular formula is C26H39N5O6S. The summed E-state index contributed by atoms with van der Waals surface area (Å²) in [5.74, 6) is 0.0538. The summed E-state index contributed by atoms with van der Waals surface area (Å²) in [6.45, 7) is 3.55. The molecule has 210 valence electrons. The summed E-state index contributed by atoms with van der Waals surface area (Å²) in [6.07, 6.45) is 10.9. The smallest absolute Gasteiger partial charge is 0.253 e. The molecule has 0 amide bonds. The second-order valence-corrected chi connectivity index (χ2v) is 11.9. The lowest BCUT2D eigenvalue weighted by molar-refractivity contribution is -0.166. The van der Waals surface area contributed by atoms with Gasteiger partial charge in [-0.25, -0.2) is 8.42 Å². The zero-order valence-corrected chi connectivity index (χ0v) is 22.7. The molecule has 2 heterocycles. The molecule has 0 unspecified atom stereocenters. The number of unbranched alkanes of at least 4 members (excludes halogenated alkanes) is 3. The molecule has 2 aliphatic rings. The Bertz CT molecular complexity index is 1170. The molecule has 1 aliphatic carbocycles. The number of pyridine rings is 1. The predicted molar refractivity (Wildman–Crippen MR) is 147 cm³/mol. The highest BCUT2D eigenvalue weighted by atomic mass is 32.2. The summed E-state index contributed by atoms with van der Waals surface area (Å²) in [6, 6.07) is 3.35. The molecule has 1 aromatic heterocycles. The third kappa shape index (κ3) is 7.82. The predicted octanol–water partition coefficient (Wildman–Crippen LogP) is 2.58. The molecule has 2 N–H and O–H groups in total. The van der Waals surface area contributed by atoms with Crippen molar-refractivity contribution in [2.75, 3.05) is 56.0 Å². The monoisotopic (exact) mass is 549 g/mol. The van der Waals surface area contributed by atoms with E-state index in [1.54, 1.807) is 24.5 Å². The first-order chi connectivity index (χ1) is 18.5. The average Bonchev–Trinajstić information content (AvgIpc) is 2.95. The number of nitrogens with zero attached hydrogens (tertiary/aromatic N) is 3. The molecule has 0 atom stereocenters. The van der Waals surface area contributed by atoms with E-state index in [0.29, 0.717) is 37.6 Å². The Balaban J connectivity index is 1.19. The van der Waals surface area contributed by atoms with E-state index in [4.69, 9.17) is 9.57 Å². The van der Waals surface area contributed by atoms with Crippen molar-refractivity contribution in [3.8, 4) is 0 Å². The van der Waals surface area contributed by atoms with Gasteiger partial charge in [0.1, 0.15) is 18.1 Å². The number of rotatable bonds is 15. The molecule has 0 bridgehead atoms. The van der Waals surface area contributed by atoms with Crippen molar-refractivity contribution in [2.24, 2.45) is 0 Å². The van der Waals surface area contributed by atoms with Crippen molar-refractivity contribution in [1.82, 2.24) is 14.4 Å². The maximum absolute atomic E-state index is 13.2. The normalized spacial score (nSPS) is 17.7. The van der Waals surface area contributed by atoms with E-state index in [1.165, 1.54) is 4.47 Å². The highest BCUT2D eigenvalue weighted by Gasteiger charge is 2.32. The van der Waals surface area contributed by atoms with Crippen LogP contribution in [-0.4, -0.2) is 74.1 Å². The van der Waals surface area contributed by atoms with Gasteiger partial charge in [0, 0.05) is 37.7 Å². The Morgan fingerprint density at radius 2 is 1.66 bits per heavy atom. The Labute approximate surface area is 224 Å². The molecule has 0 radical (unpaired) electrons. The summed E-state index contributed by atoms with van der Waals surface area (Å²) in [5, 5.41) is 6.03. The first-order valence-corrected chi connectivity index (χ1v) is 15.3. The molecule has 4 rings (SSSR count). The SMILES string of the molecule is O=c1c(NCCCCCCS(=O)(=O)N(OCN2CCOCC2)C2CCCCC2)c(Nc2ccncc2)c1=O. The number of anilines is 3. The molecule has 1 saturated carbocycles. The zero-order chi connectivity index (χ0) is 26.8. The van der Waals surface area contributed by atoms with Gasteiger partial charge in [0.05, 0.1) is 25.0 Å². The highest BCUT2D eigenvalue weighted by molar-refractivity contribution is 7.88. The van der Waals surface area contributed by atoms with Crippen molar-refractivity contribution in [3.63, 3.8) is 0 Å². The number of aromatic nitrogens is 1. The third-order valence-corrected chi connectivity index (χ3v) is 8.87. The molecule has 2 fully saturated rings. The third-order valence-electron chi connectivity index (χ3n) is 7.11. The zero-order valence-electron chi connectivity index (χ0n) is 21.9. The van der Waals surface area contributed by atoms with E-state index in [2.05, 4.69) is 20.5 Å². The van der Waals surface area contributed by atoms with Crippen molar-refractivity contribution in [2.45, 2.75) is 63.8 Å². The van der Waals surface area contributed by atoms with Gasteiger partial charge in [0.25, 0.3) is 10.9 Å². The van der Waals surface area contributed by atoms with E-state index >= 15 is 0 Å². The summed E-state index contributed by atoms with van der Waals surface area (Å²) >= 11 is 0. The van der Waals surface area contributed by atoms with Crippen molar-refractivity contribution < 1.29 is 18.0 Å². The molecule has 2 aromatic rings. The van der Waals surface area contributed by atoms with Crippen LogP contribution in [0.5, 0.6) is 0 Å².